The third-order valence-corrected chi connectivity index (χ3v) is 2.86. The molecule has 0 aliphatic carbocycles. The van der Waals surface area contributed by atoms with Gasteiger partial charge in [-0.05, 0) is 19.4 Å². The van der Waals surface area contributed by atoms with Gasteiger partial charge in [-0.3, -0.25) is 9.59 Å². The van der Waals surface area contributed by atoms with Crippen LogP contribution >= 0.6 is 0 Å². The van der Waals surface area contributed by atoms with E-state index in [1.54, 1.807) is 18.3 Å². The summed E-state index contributed by atoms with van der Waals surface area (Å²) in [6.45, 7) is 4.25. The molecule has 0 spiro atoms. The van der Waals surface area contributed by atoms with Crippen LogP contribution in [0.5, 0.6) is 0 Å². The molecule has 4 heteroatoms. The molecule has 1 atom stereocenters. The first-order valence-electron chi connectivity index (χ1n) is 6.58. The van der Waals surface area contributed by atoms with E-state index in [9.17, 15) is 9.59 Å². The van der Waals surface area contributed by atoms with Crippen LogP contribution in [0.2, 0.25) is 0 Å². The number of nitrogens with one attached hydrogen (secondary N) is 1. The average Bonchev–Trinajstić information content (AvgIpc) is 2.32. The Labute approximate surface area is 108 Å². The molecule has 0 unspecified atom stereocenters. The van der Waals surface area contributed by atoms with E-state index in [0.29, 0.717) is 0 Å². The van der Waals surface area contributed by atoms with Crippen LogP contribution in [0.15, 0.2) is 29.2 Å². The Morgan fingerprint density at radius 1 is 1.39 bits per heavy atom. The second-order valence-corrected chi connectivity index (χ2v) is 4.63. The minimum Gasteiger partial charge on any atom is -0.352 e. The standard InChI is InChI=1S/C14H22N2O2/c1-3-4-5-8-12(2)15-13(17)11-16-10-7-6-9-14(16)18/h6-7,9-10,12H,3-5,8,11H2,1-2H3,(H,15,17)/t12-/m1/s1. The van der Waals surface area contributed by atoms with Gasteiger partial charge in [0, 0.05) is 18.3 Å². The Morgan fingerprint density at radius 2 is 2.17 bits per heavy atom. The van der Waals surface area contributed by atoms with Crippen molar-refractivity contribution in [3.05, 3.63) is 34.7 Å². The summed E-state index contributed by atoms with van der Waals surface area (Å²) in [5.74, 6) is -0.104. The van der Waals surface area contributed by atoms with E-state index in [1.807, 2.05) is 6.92 Å². The highest BCUT2D eigenvalue weighted by molar-refractivity contribution is 5.75. The highest BCUT2D eigenvalue weighted by atomic mass is 16.2. The van der Waals surface area contributed by atoms with Crippen LogP contribution in [-0.2, 0) is 11.3 Å². The maximum atomic E-state index is 11.7. The fourth-order valence-electron chi connectivity index (χ4n) is 1.84. The Balaban J connectivity index is 2.38. The van der Waals surface area contributed by atoms with Gasteiger partial charge in [0.25, 0.3) is 5.56 Å². The molecule has 1 heterocycles. The van der Waals surface area contributed by atoms with Crippen molar-refractivity contribution in [2.45, 2.75) is 52.1 Å². The van der Waals surface area contributed by atoms with Crippen LogP contribution in [0.25, 0.3) is 0 Å². The van der Waals surface area contributed by atoms with E-state index >= 15 is 0 Å². The number of nitrogens with zero attached hydrogens (tertiary/aromatic N) is 1. The van der Waals surface area contributed by atoms with Crippen LogP contribution in [0.4, 0.5) is 0 Å². The van der Waals surface area contributed by atoms with Gasteiger partial charge >= 0.3 is 0 Å². The normalized spacial score (nSPS) is 12.1. The smallest absolute Gasteiger partial charge is 0.250 e. The van der Waals surface area contributed by atoms with Crippen molar-refractivity contribution >= 4 is 5.91 Å². The Kier molecular flexibility index (Phi) is 6.19. The van der Waals surface area contributed by atoms with Gasteiger partial charge in [-0.15, -0.1) is 0 Å². The molecule has 18 heavy (non-hydrogen) atoms. The molecule has 0 aliphatic heterocycles. The first kappa shape index (κ1) is 14.5. The number of carbonyl (C=O) groups excluding carboxylic acids is 1. The first-order chi connectivity index (χ1) is 8.63. The number of hydrogen-bond donors (Lipinski definition) is 1. The summed E-state index contributed by atoms with van der Waals surface area (Å²) in [7, 11) is 0. The van der Waals surface area contributed by atoms with Gasteiger partial charge in [0.2, 0.25) is 5.91 Å². The van der Waals surface area contributed by atoms with Crippen LogP contribution in [-0.4, -0.2) is 16.5 Å². The van der Waals surface area contributed by atoms with Gasteiger partial charge in [-0.1, -0.05) is 32.3 Å². The lowest BCUT2D eigenvalue weighted by Gasteiger charge is -2.14. The lowest BCUT2D eigenvalue weighted by atomic mass is 10.1. The fourth-order valence-corrected chi connectivity index (χ4v) is 1.84. The second kappa shape index (κ2) is 7.69. The van der Waals surface area contributed by atoms with Gasteiger partial charge in [-0.25, -0.2) is 0 Å². The number of carbonyl (C=O) groups is 1. The lowest BCUT2D eigenvalue weighted by molar-refractivity contribution is -0.122. The molecule has 1 rings (SSSR count). The van der Waals surface area contributed by atoms with E-state index in [2.05, 4.69) is 12.2 Å². The predicted octanol–water partition coefficient (Wildman–Crippen LogP) is 1.93. The SMILES string of the molecule is CCCCC[C@@H](C)NC(=O)Cn1ccccc1=O. The van der Waals surface area contributed by atoms with Crippen LogP contribution < -0.4 is 10.9 Å². The monoisotopic (exact) mass is 250 g/mol. The third kappa shape index (κ3) is 5.17. The molecule has 0 fully saturated rings. The maximum Gasteiger partial charge on any atom is 0.250 e. The molecule has 1 aromatic heterocycles. The predicted molar refractivity (Wildman–Crippen MR) is 72.4 cm³/mol. The summed E-state index contributed by atoms with van der Waals surface area (Å²) in [4.78, 5) is 23.2. The topological polar surface area (TPSA) is 51.1 Å². The number of unbranched alkanes of at least 4 members (excludes halogenated alkanes) is 2. The number of aromatic nitrogens is 1. The average molecular weight is 250 g/mol. The summed E-state index contributed by atoms with van der Waals surface area (Å²) in [5, 5.41) is 2.92. The zero-order valence-electron chi connectivity index (χ0n) is 11.2. The summed E-state index contributed by atoms with van der Waals surface area (Å²) >= 11 is 0. The molecule has 100 valence electrons. The Morgan fingerprint density at radius 3 is 2.83 bits per heavy atom. The Hall–Kier alpha value is -1.58. The van der Waals surface area contributed by atoms with Crippen molar-refractivity contribution in [3.8, 4) is 0 Å². The van der Waals surface area contributed by atoms with Gasteiger partial charge in [0.05, 0.1) is 0 Å². The molecule has 0 aliphatic rings. The first-order valence-corrected chi connectivity index (χ1v) is 6.58. The minimum atomic E-state index is -0.147. The van der Waals surface area contributed by atoms with Crippen molar-refractivity contribution in [1.29, 1.82) is 0 Å². The van der Waals surface area contributed by atoms with Crippen molar-refractivity contribution < 1.29 is 4.79 Å². The summed E-state index contributed by atoms with van der Waals surface area (Å²) in [6, 6.07) is 5.05. The number of hydrogen-bond acceptors (Lipinski definition) is 2. The summed E-state index contributed by atoms with van der Waals surface area (Å²) in [6.07, 6.45) is 6.12. The number of rotatable bonds is 7. The number of amides is 1. The molecule has 0 saturated carbocycles. The van der Waals surface area contributed by atoms with Gasteiger partial charge in [0.15, 0.2) is 0 Å². The fraction of sp³-hybridized carbons (Fsp3) is 0.571. The molecule has 0 aromatic carbocycles. The van der Waals surface area contributed by atoms with Crippen LogP contribution in [0.1, 0.15) is 39.5 Å². The van der Waals surface area contributed by atoms with E-state index in [4.69, 9.17) is 0 Å². The summed E-state index contributed by atoms with van der Waals surface area (Å²) in [5.41, 5.74) is -0.147. The van der Waals surface area contributed by atoms with E-state index in [1.165, 1.54) is 23.5 Å². The van der Waals surface area contributed by atoms with Crippen molar-refractivity contribution in [3.63, 3.8) is 0 Å². The molecular formula is C14H22N2O2. The molecule has 0 saturated heterocycles. The zero-order chi connectivity index (χ0) is 13.4. The van der Waals surface area contributed by atoms with Gasteiger partial charge < -0.3 is 9.88 Å². The van der Waals surface area contributed by atoms with Crippen LogP contribution in [0.3, 0.4) is 0 Å². The zero-order valence-corrected chi connectivity index (χ0v) is 11.2. The second-order valence-electron chi connectivity index (χ2n) is 4.63. The van der Waals surface area contributed by atoms with E-state index in [0.717, 1.165) is 12.8 Å². The van der Waals surface area contributed by atoms with Crippen LogP contribution in [0, 0.1) is 0 Å². The Bertz CT molecular complexity index is 426. The van der Waals surface area contributed by atoms with E-state index in [-0.39, 0.29) is 24.1 Å². The van der Waals surface area contributed by atoms with Crippen molar-refractivity contribution in [2.75, 3.05) is 0 Å². The van der Waals surface area contributed by atoms with Gasteiger partial charge in [0.1, 0.15) is 6.54 Å². The maximum absolute atomic E-state index is 11.7. The highest BCUT2D eigenvalue weighted by Crippen LogP contribution is 2.02. The third-order valence-electron chi connectivity index (χ3n) is 2.86. The van der Waals surface area contributed by atoms with E-state index < -0.39 is 0 Å². The van der Waals surface area contributed by atoms with Crippen molar-refractivity contribution in [2.24, 2.45) is 0 Å². The lowest BCUT2D eigenvalue weighted by Crippen LogP contribution is -2.37. The molecule has 0 radical (unpaired) electrons. The van der Waals surface area contributed by atoms with Crippen molar-refractivity contribution in [1.82, 2.24) is 9.88 Å². The largest absolute Gasteiger partial charge is 0.352 e. The van der Waals surface area contributed by atoms with Gasteiger partial charge in [-0.2, -0.15) is 0 Å². The molecule has 1 N–H and O–H groups in total. The summed E-state index contributed by atoms with van der Waals surface area (Å²) < 4.78 is 1.41. The highest BCUT2D eigenvalue weighted by Gasteiger charge is 2.07. The molecular weight excluding hydrogens is 228 g/mol. The molecule has 0 bridgehead atoms. The molecule has 1 amide bonds. The molecule has 4 nitrogen and oxygen atoms in total. The quantitative estimate of drug-likeness (QED) is 0.752. The minimum absolute atomic E-state index is 0.0950. The molecule has 1 aromatic rings. The number of pyridine rings is 1.